The summed E-state index contributed by atoms with van der Waals surface area (Å²) in [7, 11) is 1.56. The molecule has 26 heavy (non-hydrogen) atoms. The average molecular weight is 354 g/mol. The average Bonchev–Trinajstić information content (AvgIpc) is 3.17. The molecule has 1 aliphatic heterocycles. The van der Waals surface area contributed by atoms with Gasteiger partial charge in [0.05, 0.1) is 24.2 Å². The number of methoxy groups -OCH3 is 1. The number of H-pyrrole nitrogens is 1. The molecule has 9 nitrogen and oxygen atoms in total. The third kappa shape index (κ3) is 2.93. The number of hydrogen-bond acceptors (Lipinski definition) is 6. The first kappa shape index (κ1) is 16.3. The number of fused-ring (bicyclic) bond motifs is 1. The van der Waals surface area contributed by atoms with E-state index in [-0.39, 0.29) is 6.04 Å². The van der Waals surface area contributed by atoms with Crippen molar-refractivity contribution >= 4 is 17.0 Å². The van der Waals surface area contributed by atoms with Gasteiger partial charge < -0.3 is 20.1 Å². The van der Waals surface area contributed by atoms with E-state index in [9.17, 15) is 9.90 Å². The number of amides is 1. The quantitative estimate of drug-likeness (QED) is 0.655. The van der Waals surface area contributed by atoms with Crippen molar-refractivity contribution in [1.29, 1.82) is 0 Å². The maximum Gasteiger partial charge on any atom is 0.407 e. The molecule has 0 radical (unpaired) electrons. The van der Waals surface area contributed by atoms with E-state index in [1.54, 1.807) is 7.11 Å². The largest absolute Gasteiger partial charge is 0.480 e. The van der Waals surface area contributed by atoms with Crippen LogP contribution < -0.4 is 10.1 Å². The predicted molar refractivity (Wildman–Crippen MR) is 94.0 cm³/mol. The van der Waals surface area contributed by atoms with E-state index in [2.05, 4.69) is 25.5 Å². The molecule has 9 heteroatoms. The first-order valence-corrected chi connectivity index (χ1v) is 8.23. The number of hydrogen-bond donors (Lipinski definition) is 3. The van der Waals surface area contributed by atoms with Crippen molar-refractivity contribution in [3.63, 3.8) is 0 Å². The van der Waals surface area contributed by atoms with Crippen LogP contribution in [0, 0.1) is 0 Å². The molecule has 1 atom stereocenters. The molecule has 4 rings (SSSR count). The van der Waals surface area contributed by atoms with Crippen LogP contribution in [0.2, 0.25) is 0 Å². The van der Waals surface area contributed by atoms with E-state index in [1.165, 1.54) is 4.90 Å². The summed E-state index contributed by atoms with van der Waals surface area (Å²) < 4.78 is 5.40. The van der Waals surface area contributed by atoms with Crippen molar-refractivity contribution in [2.45, 2.75) is 6.04 Å². The fraction of sp³-hybridized carbons (Fsp3) is 0.294. The molecule has 0 bridgehead atoms. The molecule has 0 aliphatic carbocycles. The van der Waals surface area contributed by atoms with Gasteiger partial charge in [-0.25, -0.2) is 14.8 Å². The second kappa shape index (κ2) is 6.60. The fourth-order valence-corrected chi connectivity index (χ4v) is 3.07. The molecule has 134 valence electrons. The van der Waals surface area contributed by atoms with E-state index >= 15 is 0 Å². The molecule has 0 spiro atoms. The zero-order valence-corrected chi connectivity index (χ0v) is 14.1. The maximum absolute atomic E-state index is 11.2. The van der Waals surface area contributed by atoms with E-state index in [4.69, 9.17) is 4.74 Å². The Bertz CT molecular complexity index is 957. The van der Waals surface area contributed by atoms with E-state index in [1.807, 2.05) is 30.3 Å². The minimum absolute atomic E-state index is 0.236. The molecule has 1 saturated heterocycles. The Kier molecular flexibility index (Phi) is 4.13. The number of piperazine rings is 1. The van der Waals surface area contributed by atoms with Crippen LogP contribution in [0.4, 0.5) is 4.79 Å². The minimum Gasteiger partial charge on any atom is -0.480 e. The SMILES string of the molecule is COc1nc2ccccc2cc1-c1n[nH]c([C@@H]2CN(C(=O)O)CCN2)n1. The van der Waals surface area contributed by atoms with Gasteiger partial charge >= 0.3 is 6.09 Å². The molecule has 2 aromatic heterocycles. The number of carboxylic acid groups (broad SMARTS) is 1. The van der Waals surface area contributed by atoms with Crippen molar-refractivity contribution < 1.29 is 14.6 Å². The Labute approximate surface area is 149 Å². The number of carbonyl (C=O) groups is 1. The molecule has 0 unspecified atom stereocenters. The molecule has 1 amide bonds. The number of benzene rings is 1. The number of aromatic nitrogens is 4. The first-order valence-electron chi connectivity index (χ1n) is 8.23. The second-order valence-electron chi connectivity index (χ2n) is 6.02. The van der Waals surface area contributed by atoms with Crippen LogP contribution >= 0.6 is 0 Å². The molecule has 3 heterocycles. The lowest BCUT2D eigenvalue weighted by atomic mass is 10.1. The summed E-state index contributed by atoms with van der Waals surface area (Å²) in [5, 5.41) is 20.6. The summed E-state index contributed by atoms with van der Waals surface area (Å²) in [4.78, 5) is 21.6. The first-order chi connectivity index (χ1) is 12.7. The number of pyridine rings is 1. The lowest BCUT2D eigenvalue weighted by Crippen LogP contribution is -2.48. The molecule has 3 aromatic rings. The normalized spacial score (nSPS) is 17.4. The fourth-order valence-electron chi connectivity index (χ4n) is 3.07. The van der Waals surface area contributed by atoms with Crippen LogP contribution in [0.25, 0.3) is 22.3 Å². The van der Waals surface area contributed by atoms with Crippen LogP contribution in [0.3, 0.4) is 0 Å². The zero-order valence-electron chi connectivity index (χ0n) is 14.1. The third-order valence-electron chi connectivity index (χ3n) is 4.40. The van der Waals surface area contributed by atoms with Gasteiger partial charge in [0.25, 0.3) is 0 Å². The Morgan fingerprint density at radius 2 is 2.19 bits per heavy atom. The van der Waals surface area contributed by atoms with Crippen molar-refractivity contribution in [3.8, 4) is 17.3 Å². The number of nitrogens with one attached hydrogen (secondary N) is 2. The number of ether oxygens (including phenoxy) is 1. The summed E-state index contributed by atoms with van der Waals surface area (Å²) in [6.45, 7) is 1.33. The standard InChI is InChI=1S/C17H18N6O3/c1-26-16-11(8-10-4-2-3-5-12(10)19-16)14-20-15(22-21-14)13-9-23(17(24)25)7-6-18-13/h2-5,8,13,18H,6-7,9H2,1H3,(H,24,25)(H,20,21,22)/t13-/m0/s1. The molecule has 0 saturated carbocycles. The molecule has 1 fully saturated rings. The van der Waals surface area contributed by atoms with Gasteiger partial charge in [-0.2, -0.15) is 5.10 Å². The van der Waals surface area contributed by atoms with Crippen LogP contribution in [0.15, 0.2) is 30.3 Å². The highest BCUT2D eigenvalue weighted by atomic mass is 16.5. The van der Waals surface area contributed by atoms with E-state index in [0.29, 0.717) is 42.7 Å². The van der Waals surface area contributed by atoms with Gasteiger partial charge in [-0.3, -0.25) is 5.10 Å². The lowest BCUT2D eigenvalue weighted by molar-refractivity contribution is 0.128. The van der Waals surface area contributed by atoms with Gasteiger partial charge in [0.15, 0.2) is 5.82 Å². The molecular weight excluding hydrogens is 336 g/mol. The Hall–Kier alpha value is -3.20. The Morgan fingerprint density at radius 1 is 1.35 bits per heavy atom. The summed E-state index contributed by atoms with van der Waals surface area (Å²) in [5.74, 6) is 1.49. The number of nitrogens with zero attached hydrogens (tertiary/aromatic N) is 4. The van der Waals surface area contributed by atoms with Crippen LogP contribution in [-0.2, 0) is 0 Å². The van der Waals surface area contributed by atoms with Crippen molar-refractivity contribution in [2.24, 2.45) is 0 Å². The third-order valence-corrected chi connectivity index (χ3v) is 4.40. The summed E-state index contributed by atoms with van der Waals surface area (Å²) in [6.07, 6.45) is -0.934. The number of aromatic amines is 1. The topological polar surface area (TPSA) is 116 Å². The second-order valence-corrected chi connectivity index (χ2v) is 6.02. The van der Waals surface area contributed by atoms with Gasteiger partial charge in [0.2, 0.25) is 5.88 Å². The molecule has 3 N–H and O–H groups in total. The van der Waals surface area contributed by atoms with Gasteiger partial charge in [-0.15, -0.1) is 0 Å². The van der Waals surface area contributed by atoms with Crippen molar-refractivity contribution in [2.75, 3.05) is 26.7 Å². The molecular formula is C17H18N6O3. The molecule has 1 aromatic carbocycles. The highest BCUT2D eigenvalue weighted by Gasteiger charge is 2.27. The predicted octanol–water partition coefficient (Wildman–Crippen LogP) is 1.65. The highest BCUT2D eigenvalue weighted by Crippen LogP contribution is 2.30. The number of para-hydroxylation sites is 1. The monoisotopic (exact) mass is 354 g/mol. The van der Waals surface area contributed by atoms with Gasteiger partial charge in [-0.05, 0) is 12.1 Å². The smallest absolute Gasteiger partial charge is 0.407 e. The summed E-state index contributed by atoms with van der Waals surface area (Å²) in [6, 6.07) is 9.44. The van der Waals surface area contributed by atoms with E-state index in [0.717, 1.165) is 10.9 Å². The van der Waals surface area contributed by atoms with E-state index < -0.39 is 6.09 Å². The lowest BCUT2D eigenvalue weighted by Gasteiger charge is -2.30. The Balaban J connectivity index is 1.67. The van der Waals surface area contributed by atoms with Crippen LogP contribution in [0.1, 0.15) is 11.9 Å². The minimum atomic E-state index is -0.934. The zero-order chi connectivity index (χ0) is 18.1. The highest BCUT2D eigenvalue weighted by molar-refractivity contribution is 5.84. The summed E-state index contributed by atoms with van der Waals surface area (Å²) >= 11 is 0. The van der Waals surface area contributed by atoms with Crippen molar-refractivity contribution in [3.05, 3.63) is 36.2 Å². The molecule has 1 aliphatic rings. The Morgan fingerprint density at radius 3 is 3.00 bits per heavy atom. The summed E-state index contributed by atoms with van der Waals surface area (Å²) in [5.41, 5.74) is 1.51. The maximum atomic E-state index is 11.2. The van der Waals surface area contributed by atoms with Crippen LogP contribution in [-0.4, -0.2) is 63.0 Å². The van der Waals surface area contributed by atoms with Gasteiger partial charge in [0.1, 0.15) is 5.82 Å². The number of rotatable bonds is 3. The van der Waals surface area contributed by atoms with Crippen molar-refractivity contribution in [1.82, 2.24) is 30.4 Å². The van der Waals surface area contributed by atoms with Gasteiger partial charge in [-0.1, -0.05) is 18.2 Å². The van der Waals surface area contributed by atoms with Gasteiger partial charge in [0, 0.05) is 25.0 Å². The van der Waals surface area contributed by atoms with Crippen LogP contribution in [0.5, 0.6) is 5.88 Å².